The molecule has 0 spiro atoms. The Kier molecular flexibility index (Phi) is 6.31. The van der Waals surface area contributed by atoms with Crippen molar-refractivity contribution in [1.29, 1.82) is 0 Å². The van der Waals surface area contributed by atoms with Gasteiger partial charge in [-0.25, -0.2) is 0 Å². The number of aryl methyl sites for hydroxylation is 2. The Morgan fingerprint density at radius 3 is 2.74 bits per heavy atom. The van der Waals surface area contributed by atoms with Crippen molar-refractivity contribution in [2.24, 2.45) is 0 Å². The highest BCUT2D eigenvalue weighted by Crippen LogP contribution is 2.26. The third-order valence-corrected chi connectivity index (χ3v) is 4.47. The first-order chi connectivity index (χ1) is 11.0. The molecule has 0 aliphatic rings. The lowest BCUT2D eigenvalue weighted by molar-refractivity contribution is -0.121. The first kappa shape index (κ1) is 17.6. The zero-order valence-corrected chi connectivity index (χ0v) is 14.7. The first-order valence-electron chi connectivity index (χ1n) is 7.34. The van der Waals surface area contributed by atoms with Gasteiger partial charge in [0.25, 0.3) is 0 Å². The molecule has 0 saturated heterocycles. The molecular formula is C18H19Cl2NO2. The van der Waals surface area contributed by atoms with Crippen LogP contribution in [0.15, 0.2) is 36.4 Å². The molecule has 0 fully saturated rings. The van der Waals surface area contributed by atoms with Crippen molar-refractivity contribution in [2.45, 2.75) is 26.3 Å². The Bertz CT molecular complexity index is 701. The highest BCUT2D eigenvalue weighted by Gasteiger charge is 2.08. The van der Waals surface area contributed by atoms with Gasteiger partial charge in [0, 0.05) is 13.0 Å². The summed E-state index contributed by atoms with van der Waals surface area (Å²) >= 11 is 12.1. The molecule has 2 aromatic carbocycles. The van der Waals surface area contributed by atoms with E-state index >= 15 is 0 Å². The average Bonchev–Trinajstić information content (AvgIpc) is 2.55. The van der Waals surface area contributed by atoms with Gasteiger partial charge in [0.1, 0.15) is 5.75 Å². The van der Waals surface area contributed by atoms with Gasteiger partial charge in [-0.05, 0) is 42.2 Å². The molecule has 23 heavy (non-hydrogen) atoms. The molecular weight excluding hydrogens is 333 g/mol. The van der Waals surface area contributed by atoms with Crippen LogP contribution in [0.3, 0.4) is 0 Å². The van der Waals surface area contributed by atoms with Gasteiger partial charge in [-0.1, -0.05) is 47.5 Å². The van der Waals surface area contributed by atoms with E-state index < -0.39 is 0 Å². The number of halogens is 2. The Balaban J connectivity index is 1.87. The Morgan fingerprint density at radius 2 is 2.00 bits per heavy atom. The molecule has 1 N–H and O–H groups in total. The molecule has 0 radical (unpaired) electrons. The number of nitrogens with one attached hydrogen (secondary N) is 1. The van der Waals surface area contributed by atoms with Crippen molar-refractivity contribution in [3.8, 4) is 5.75 Å². The van der Waals surface area contributed by atoms with Crippen LogP contribution < -0.4 is 10.1 Å². The van der Waals surface area contributed by atoms with E-state index in [0.29, 0.717) is 29.4 Å². The maximum Gasteiger partial charge on any atom is 0.220 e. The van der Waals surface area contributed by atoms with E-state index in [2.05, 4.69) is 5.32 Å². The minimum Gasteiger partial charge on any atom is -0.496 e. The number of hydrogen-bond acceptors (Lipinski definition) is 2. The molecule has 2 aromatic rings. The molecule has 122 valence electrons. The predicted octanol–water partition coefficient (Wildman–Crippen LogP) is 4.56. The summed E-state index contributed by atoms with van der Waals surface area (Å²) in [5.41, 5.74) is 2.95. The second-order valence-corrected chi connectivity index (χ2v) is 6.08. The second kappa shape index (κ2) is 8.23. The van der Waals surface area contributed by atoms with Crippen LogP contribution in [0.4, 0.5) is 0 Å². The molecule has 0 atom stereocenters. The molecule has 0 heterocycles. The van der Waals surface area contributed by atoms with Crippen LogP contribution in [0.2, 0.25) is 10.0 Å². The summed E-state index contributed by atoms with van der Waals surface area (Å²) in [6, 6.07) is 11.3. The number of methoxy groups -OCH3 is 1. The van der Waals surface area contributed by atoms with Gasteiger partial charge in [0.2, 0.25) is 5.91 Å². The summed E-state index contributed by atoms with van der Waals surface area (Å²) < 4.78 is 5.28. The molecule has 0 unspecified atom stereocenters. The summed E-state index contributed by atoms with van der Waals surface area (Å²) in [6.45, 7) is 2.45. The Hall–Kier alpha value is -1.71. The zero-order chi connectivity index (χ0) is 16.8. The monoisotopic (exact) mass is 351 g/mol. The molecule has 1 amide bonds. The second-order valence-electron chi connectivity index (χ2n) is 5.29. The van der Waals surface area contributed by atoms with Crippen molar-refractivity contribution in [2.75, 3.05) is 7.11 Å². The fraction of sp³-hybridized carbons (Fsp3) is 0.278. The van der Waals surface area contributed by atoms with Gasteiger partial charge in [-0.15, -0.1) is 0 Å². The molecule has 0 saturated carbocycles. The van der Waals surface area contributed by atoms with E-state index in [9.17, 15) is 4.79 Å². The van der Waals surface area contributed by atoms with Crippen molar-refractivity contribution in [3.63, 3.8) is 0 Å². The number of benzene rings is 2. The van der Waals surface area contributed by atoms with Gasteiger partial charge in [0.05, 0.1) is 17.2 Å². The van der Waals surface area contributed by atoms with Crippen LogP contribution in [0.5, 0.6) is 5.75 Å². The van der Waals surface area contributed by atoms with E-state index in [1.807, 2.05) is 37.3 Å². The van der Waals surface area contributed by atoms with E-state index in [-0.39, 0.29) is 5.91 Å². The highest BCUT2D eigenvalue weighted by atomic mass is 35.5. The number of carbonyl (C=O) groups is 1. The fourth-order valence-corrected chi connectivity index (χ4v) is 2.67. The molecule has 3 nitrogen and oxygen atoms in total. The van der Waals surface area contributed by atoms with Crippen molar-refractivity contribution in [1.82, 2.24) is 5.32 Å². The van der Waals surface area contributed by atoms with Gasteiger partial charge in [-0.3, -0.25) is 4.79 Å². The average molecular weight is 352 g/mol. The van der Waals surface area contributed by atoms with Gasteiger partial charge < -0.3 is 10.1 Å². The first-order valence-corrected chi connectivity index (χ1v) is 8.10. The molecule has 2 rings (SSSR count). The van der Waals surface area contributed by atoms with E-state index in [1.54, 1.807) is 13.2 Å². The van der Waals surface area contributed by atoms with E-state index in [4.69, 9.17) is 27.9 Å². The quantitative estimate of drug-likeness (QED) is 0.828. The van der Waals surface area contributed by atoms with Crippen LogP contribution in [0, 0.1) is 6.92 Å². The summed E-state index contributed by atoms with van der Waals surface area (Å²) in [5, 5.41) is 3.93. The molecule has 0 aliphatic heterocycles. The number of ether oxygens (including phenoxy) is 1. The van der Waals surface area contributed by atoms with Crippen LogP contribution in [-0.4, -0.2) is 13.0 Å². The largest absolute Gasteiger partial charge is 0.496 e. The van der Waals surface area contributed by atoms with E-state index in [0.717, 1.165) is 22.4 Å². The molecule has 0 aliphatic carbocycles. The Labute approximate surface area is 146 Å². The molecule has 0 bridgehead atoms. The van der Waals surface area contributed by atoms with Gasteiger partial charge >= 0.3 is 0 Å². The highest BCUT2D eigenvalue weighted by molar-refractivity contribution is 6.42. The van der Waals surface area contributed by atoms with Gasteiger partial charge in [-0.2, -0.15) is 0 Å². The summed E-state index contributed by atoms with van der Waals surface area (Å²) in [5.74, 6) is 0.794. The number of amides is 1. The number of carbonyl (C=O) groups excluding carboxylic acids is 1. The number of hydrogen-bond donors (Lipinski definition) is 1. The van der Waals surface area contributed by atoms with Crippen LogP contribution in [0.25, 0.3) is 0 Å². The van der Waals surface area contributed by atoms with E-state index in [1.165, 1.54) is 0 Å². The fourth-order valence-electron chi connectivity index (χ4n) is 2.25. The number of rotatable bonds is 6. The van der Waals surface area contributed by atoms with Crippen molar-refractivity contribution >= 4 is 29.1 Å². The smallest absolute Gasteiger partial charge is 0.220 e. The topological polar surface area (TPSA) is 38.3 Å². The van der Waals surface area contributed by atoms with Crippen LogP contribution in [0.1, 0.15) is 23.1 Å². The zero-order valence-electron chi connectivity index (χ0n) is 13.2. The standard InChI is InChI=1S/C18H19Cl2NO2/c1-12-6-7-13(10-16(12)23-2)11-21-17(22)9-8-14-4-3-5-15(19)18(14)20/h3-7,10H,8-9,11H2,1-2H3,(H,21,22). The summed E-state index contributed by atoms with van der Waals surface area (Å²) in [7, 11) is 1.64. The minimum absolute atomic E-state index is 0.0272. The summed E-state index contributed by atoms with van der Waals surface area (Å²) in [4.78, 5) is 12.0. The lowest BCUT2D eigenvalue weighted by atomic mass is 10.1. The maximum atomic E-state index is 12.0. The molecule has 0 aromatic heterocycles. The Morgan fingerprint density at radius 1 is 1.22 bits per heavy atom. The third kappa shape index (κ3) is 4.88. The lowest BCUT2D eigenvalue weighted by Gasteiger charge is -2.09. The third-order valence-electron chi connectivity index (χ3n) is 3.62. The van der Waals surface area contributed by atoms with Crippen molar-refractivity contribution in [3.05, 3.63) is 63.1 Å². The van der Waals surface area contributed by atoms with Crippen molar-refractivity contribution < 1.29 is 9.53 Å². The van der Waals surface area contributed by atoms with Crippen LogP contribution >= 0.6 is 23.2 Å². The molecule has 5 heteroatoms. The van der Waals surface area contributed by atoms with Gasteiger partial charge in [0.15, 0.2) is 0 Å². The lowest BCUT2D eigenvalue weighted by Crippen LogP contribution is -2.23. The predicted molar refractivity (Wildman–Crippen MR) is 94.4 cm³/mol. The minimum atomic E-state index is -0.0272. The normalized spacial score (nSPS) is 10.4. The maximum absolute atomic E-state index is 12.0. The van der Waals surface area contributed by atoms with Crippen LogP contribution in [-0.2, 0) is 17.8 Å². The summed E-state index contributed by atoms with van der Waals surface area (Å²) in [6.07, 6.45) is 0.922. The SMILES string of the molecule is COc1cc(CNC(=O)CCc2cccc(Cl)c2Cl)ccc1C.